The van der Waals surface area contributed by atoms with E-state index in [1.54, 1.807) is 23.6 Å². The Kier molecular flexibility index (Phi) is 7.10. The standard InChI is InChI=1S/C18H20Cl2N6O3S3/c1-2-25-6-8-26(9-7-25)32(28,29)18-15(27)13(10-30-18)22-17-16(23-31-24-17)21-12-5-3-4-11(19)14(12)20/h3-5,10,27H,2,6-9H2,1H3,(H,21,23)(H,22,24). The lowest BCUT2D eigenvalue weighted by Crippen LogP contribution is -2.48. The second-order valence-electron chi connectivity index (χ2n) is 6.94. The predicted octanol–water partition coefficient (Wildman–Crippen LogP) is 4.43. The first-order valence-electron chi connectivity index (χ1n) is 9.64. The molecule has 0 unspecified atom stereocenters. The lowest BCUT2D eigenvalue weighted by atomic mass is 10.3. The first-order chi connectivity index (χ1) is 15.3. The number of piperazine rings is 1. The van der Waals surface area contributed by atoms with Gasteiger partial charge in [0.15, 0.2) is 21.6 Å². The van der Waals surface area contributed by atoms with E-state index in [1.807, 2.05) is 6.92 Å². The van der Waals surface area contributed by atoms with Crippen LogP contribution in [0, 0.1) is 0 Å². The molecule has 172 valence electrons. The molecule has 9 nitrogen and oxygen atoms in total. The summed E-state index contributed by atoms with van der Waals surface area (Å²) in [4.78, 5) is 2.18. The van der Waals surface area contributed by atoms with Crippen molar-refractivity contribution in [2.45, 2.75) is 11.1 Å². The smallest absolute Gasteiger partial charge is 0.256 e. The van der Waals surface area contributed by atoms with Crippen molar-refractivity contribution in [1.82, 2.24) is 18.0 Å². The van der Waals surface area contributed by atoms with Gasteiger partial charge in [-0.3, -0.25) is 0 Å². The highest BCUT2D eigenvalue weighted by Crippen LogP contribution is 2.42. The zero-order chi connectivity index (χ0) is 22.9. The normalized spacial score (nSPS) is 15.7. The summed E-state index contributed by atoms with van der Waals surface area (Å²) in [6, 6.07) is 5.15. The lowest BCUT2D eigenvalue weighted by Gasteiger charge is -2.32. The maximum atomic E-state index is 13.1. The minimum atomic E-state index is -3.80. The highest BCUT2D eigenvalue weighted by molar-refractivity contribution is 7.91. The molecule has 0 radical (unpaired) electrons. The highest BCUT2D eigenvalue weighted by Gasteiger charge is 2.32. The van der Waals surface area contributed by atoms with Crippen LogP contribution in [-0.2, 0) is 10.0 Å². The topological polar surface area (TPSA) is 111 Å². The minimum absolute atomic E-state index is 0.0967. The monoisotopic (exact) mass is 534 g/mol. The Morgan fingerprint density at radius 1 is 1.09 bits per heavy atom. The molecule has 0 saturated carbocycles. The maximum Gasteiger partial charge on any atom is 0.256 e. The molecule has 1 aromatic carbocycles. The van der Waals surface area contributed by atoms with Crippen molar-refractivity contribution in [3.05, 3.63) is 33.6 Å². The summed E-state index contributed by atoms with van der Waals surface area (Å²) in [7, 11) is -3.80. The van der Waals surface area contributed by atoms with E-state index in [-0.39, 0.29) is 15.6 Å². The van der Waals surface area contributed by atoms with Gasteiger partial charge in [-0.2, -0.15) is 13.1 Å². The maximum absolute atomic E-state index is 13.1. The number of nitrogens with one attached hydrogen (secondary N) is 2. The molecule has 1 fully saturated rings. The van der Waals surface area contributed by atoms with Crippen LogP contribution >= 0.6 is 46.3 Å². The Bertz CT molecular complexity index is 1210. The number of nitrogens with zero attached hydrogens (tertiary/aromatic N) is 4. The molecule has 1 aliphatic rings. The number of anilines is 4. The van der Waals surface area contributed by atoms with Crippen molar-refractivity contribution in [2.75, 3.05) is 43.4 Å². The number of thiophene rings is 1. The van der Waals surface area contributed by atoms with Gasteiger partial charge < -0.3 is 20.6 Å². The lowest BCUT2D eigenvalue weighted by molar-refractivity contribution is 0.196. The zero-order valence-corrected chi connectivity index (χ0v) is 20.8. The second kappa shape index (κ2) is 9.67. The van der Waals surface area contributed by atoms with Gasteiger partial charge in [-0.15, -0.1) is 11.3 Å². The van der Waals surface area contributed by atoms with Crippen molar-refractivity contribution in [1.29, 1.82) is 0 Å². The van der Waals surface area contributed by atoms with Crippen LogP contribution in [0.1, 0.15) is 6.92 Å². The van der Waals surface area contributed by atoms with E-state index in [2.05, 4.69) is 24.3 Å². The third-order valence-corrected chi connectivity index (χ3v) is 9.77. The van der Waals surface area contributed by atoms with Crippen LogP contribution in [0.15, 0.2) is 27.8 Å². The van der Waals surface area contributed by atoms with Gasteiger partial charge in [0.05, 0.1) is 33.1 Å². The van der Waals surface area contributed by atoms with Gasteiger partial charge in [0.25, 0.3) is 10.0 Å². The molecule has 0 amide bonds. The third kappa shape index (κ3) is 4.67. The molecule has 1 saturated heterocycles. The molecular weight excluding hydrogens is 515 g/mol. The number of hydrogen-bond donors (Lipinski definition) is 3. The van der Waals surface area contributed by atoms with Gasteiger partial charge in [0, 0.05) is 31.6 Å². The summed E-state index contributed by atoms with van der Waals surface area (Å²) in [6.45, 7) is 5.03. The average molecular weight is 536 g/mol. The number of sulfonamides is 1. The van der Waals surface area contributed by atoms with E-state index in [0.717, 1.165) is 29.6 Å². The molecule has 1 aliphatic heterocycles. The molecule has 0 spiro atoms. The summed E-state index contributed by atoms with van der Waals surface area (Å²) < 4.78 is 35.8. The fraction of sp³-hybridized carbons (Fsp3) is 0.333. The van der Waals surface area contributed by atoms with E-state index in [0.29, 0.717) is 53.5 Å². The van der Waals surface area contributed by atoms with E-state index in [1.165, 1.54) is 4.31 Å². The number of rotatable bonds is 7. The molecular formula is C18H20Cl2N6O3S3. The van der Waals surface area contributed by atoms with Crippen molar-refractivity contribution in [3.8, 4) is 5.75 Å². The molecule has 3 N–H and O–H groups in total. The number of hydrogen-bond acceptors (Lipinski definition) is 10. The predicted molar refractivity (Wildman–Crippen MR) is 130 cm³/mol. The highest BCUT2D eigenvalue weighted by atomic mass is 35.5. The number of halogens is 2. The summed E-state index contributed by atoms with van der Waals surface area (Å²) in [5.41, 5.74) is 0.771. The van der Waals surface area contributed by atoms with Gasteiger partial charge in [-0.1, -0.05) is 36.2 Å². The van der Waals surface area contributed by atoms with Crippen LogP contribution in [0.2, 0.25) is 10.0 Å². The van der Waals surface area contributed by atoms with Gasteiger partial charge >= 0.3 is 0 Å². The fourth-order valence-corrected chi connectivity index (χ4v) is 6.83. The Labute approximate surface area is 204 Å². The van der Waals surface area contributed by atoms with E-state index in [9.17, 15) is 13.5 Å². The molecule has 3 aromatic rings. The SMILES string of the molecule is CCN1CCN(S(=O)(=O)c2scc(Nc3nsnc3Nc3cccc(Cl)c3Cl)c2O)CC1. The quantitative estimate of drug-likeness (QED) is 0.408. The Morgan fingerprint density at radius 3 is 2.41 bits per heavy atom. The summed E-state index contributed by atoms with van der Waals surface area (Å²) in [5, 5.41) is 18.9. The van der Waals surface area contributed by atoms with E-state index >= 15 is 0 Å². The molecule has 4 rings (SSSR count). The van der Waals surface area contributed by atoms with E-state index in [4.69, 9.17) is 23.2 Å². The molecule has 32 heavy (non-hydrogen) atoms. The first kappa shape index (κ1) is 23.5. The molecule has 0 bridgehead atoms. The fourth-order valence-electron chi connectivity index (χ4n) is 3.22. The summed E-state index contributed by atoms with van der Waals surface area (Å²) in [6.07, 6.45) is 0. The van der Waals surface area contributed by atoms with Crippen LogP contribution in [-0.4, -0.2) is 64.2 Å². The van der Waals surface area contributed by atoms with Crippen LogP contribution in [0.25, 0.3) is 0 Å². The number of likely N-dealkylation sites (N-methyl/N-ethyl adjacent to an activating group) is 1. The summed E-state index contributed by atoms with van der Waals surface area (Å²) >= 11 is 14.2. The molecule has 0 atom stereocenters. The summed E-state index contributed by atoms with van der Waals surface area (Å²) in [5.74, 6) is 0.345. The Hall–Kier alpha value is -1.67. The Balaban J connectivity index is 1.53. The molecule has 14 heteroatoms. The van der Waals surface area contributed by atoms with E-state index < -0.39 is 10.0 Å². The Morgan fingerprint density at radius 2 is 1.75 bits per heavy atom. The van der Waals surface area contributed by atoms with Crippen molar-refractivity contribution >= 4 is 79.3 Å². The van der Waals surface area contributed by atoms with Crippen LogP contribution in [0.4, 0.5) is 23.0 Å². The number of aromatic hydroxyl groups is 1. The van der Waals surface area contributed by atoms with Crippen molar-refractivity contribution in [3.63, 3.8) is 0 Å². The van der Waals surface area contributed by atoms with Gasteiger partial charge in [-0.05, 0) is 18.7 Å². The minimum Gasteiger partial charge on any atom is -0.504 e. The largest absolute Gasteiger partial charge is 0.504 e. The first-order valence-corrected chi connectivity index (χ1v) is 13.5. The molecule has 3 heterocycles. The van der Waals surface area contributed by atoms with Crippen LogP contribution < -0.4 is 10.6 Å². The van der Waals surface area contributed by atoms with Crippen LogP contribution in [0.5, 0.6) is 5.75 Å². The molecule has 0 aliphatic carbocycles. The van der Waals surface area contributed by atoms with Gasteiger partial charge in [0.2, 0.25) is 0 Å². The zero-order valence-electron chi connectivity index (χ0n) is 16.9. The van der Waals surface area contributed by atoms with Gasteiger partial charge in [-0.25, -0.2) is 8.42 Å². The number of benzene rings is 1. The average Bonchev–Trinajstić information content (AvgIpc) is 3.38. The van der Waals surface area contributed by atoms with Crippen molar-refractivity contribution < 1.29 is 13.5 Å². The third-order valence-electron chi connectivity index (χ3n) is 5.03. The van der Waals surface area contributed by atoms with Crippen molar-refractivity contribution in [2.24, 2.45) is 0 Å². The molecule has 2 aromatic heterocycles. The van der Waals surface area contributed by atoms with Crippen LogP contribution in [0.3, 0.4) is 0 Å². The number of aromatic nitrogens is 2. The van der Waals surface area contributed by atoms with Gasteiger partial charge in [0.1, 0.15) is 0 Å². The second-order valence-corrected chi connectivity index (χ2v) is 11.3.